The molecule has 1 aliphatic rings. The summed E-state index contributed by atoms with van der Waals surface area (Å²) in [5.74, 6) is 0.0493. The first-order valence-corrected chi connectivity index (χ1v) is 7.93. The highest BCUT2D eigenvalue weighted by atomic mass is 16.3. The molecule has 4 heteroatoms. The number of nitrogens with one attached hydrogen (secondary N) is 1. The van der Waals surface area contributed by atoms with Crippen LogP contribution >= 0.6 is 0 Å². The maximum atomic E-state index is 12.7. The lowest BCUT2D eigenvalue weighted by Crippen LogP contribution is -2.45. The average Bonchev–Trinajstić information content (AvgIpc) is 2.42. The van der Waals surface area contributed by atoms with Gasteiger partial charge in [0.2, 0.25) is 0 Å². The number of carbonyl (C=O) groups excluding carboxylic acids is 1. The van der Waals surface area contributed by atoms with E-state index >= 15 is 0 Å². The van der Waals surface area contributed by atoms with Gasteiger partial charge in [0.05, 0.1) is 6.61 Å². The van der Waals surface area contributed by atoms with Gasteiger partial charge in [-0.2, -0.15) is 0 Å². The van der Waals surface area contributed by atoms with E-state index in [1.54, 1.807) is 0 Å². The Morgan fingerprint density at radius 2 is 2.19 bits per heavy atom. The smallest absolute Gasteiger partial charge is 0.254 e. The second kappa shape index (κ2) is 7.46. The molecule has 1 fully saturated rings. The predicted molar refractivity (Wildman–Crippen MR) is 85.7 cm³/mol. The number of aryl methyl sites for hydroxylation is 1. The largest absolute Gasteiger partial charge is 0.395 e. The maximum absolute atomic E-state index is 12.7. The van der Waals surface area contributed by atoms with Crippen LogP contribution in [0.2, 0.25) is 0 Å². The van der Waals surface area contributed by atoms with E-state index in [1.165, 1.54) is 6.42 Å². The van der Waals surface area contributed by atoms with Crippen molar-refractivity contribution in [1.82, 2.24) is 4.90 Å². The number of rotatable bonds is 7. The van der Waals surface area contributed by atoms with E-state index in [0.29, 0.717) is 12.6 Å². The number of aliphatic hydroxyl groups excluding tert-OH is 1. The number of carbonyl (C=O) groups is 1. The molecule has 0 aromatic heterocycles. The van der Waals surface area contributed by atoms with Gasteiger partial charge in [-0.25, -0.2) is 0 Å². The zero-order valence-corrected chi connectivity index (χ0v) is 13.1. The summed E-state index contributed by atoms with van der Waals surface area (Å²) in [7, 11) is 0. The van der Waals surface area contributed by atoms with Gasteiger partial charge in [-0.3, -0.25) is 4.79 Å². The number of nitrogens with zero attached hydrogens (tertiary/aromatic N) is 1. The van der Waals surface area contributed by atoms with Crippen molar-refractivity contribution in [1.29, 1.82) is 0 Å². The van der Waals surface area contributed by atoms with Crippen LogP contribution in [0, 0.1) is 6.92 Å². The standard InChI is InChI=1S/C17H26N2O2/c1-3-9-18-14-7-8-16(13(2)12-14)17(21)19(10-11-20)15-5-4-6-15/h7-8,12,15,18,20H,3-6,9-11H2,1-2H3. The summed E-state index contributed by atoms with van der Waals surface area (Å²) in [4.78, 5) is 14.5. The van der Waals surface area contributed by atoms with E-state index in [9.17, 15) is 9.90 Å². The zero-order chi connectivity index (χ0) is 15.2. The van der Waals surface area contributed by atoms with Crippen LogP contribution in [0.15, 0.2) is 18.2 Å². The first-order valence-electron chi connectivity index (χ1n) is 7.93. The lowest BCUT2D eigenvalue weighted by Gasteiger charge is -2.37. The number of anilines is 1. The molecule has 1 aromatic rings. The van der Waals surface area contributed by atoms with Gasteiger partial charge >= 0.3 is 0 Å². The van der Waals surface area contributed by atoms with Crippen molar-refractivity contribution in [2.75, 3.05) is 25.0 Å². The van der Waals surface area contributed by atoms with Crippen LogP contribution in [0.25, 0.3) is 0 Å². The van der Waals surface area contributed by atoms with Gasteiger partial charge in [0.25, 0.3) is 5.91 Å². The third kappa shape index (κ3) is 3.76. The van der Waals surface area contributed by atoms with E-state index in [0.717, 1.165) is 42.6 Å². The number of amides is 1. The molecular weight excluding hydrogens is 264 g/mol. The van der Waals surface area contributed by atoms with Crippen molar-refractivity contribution in [3.63, 3.8) is 0 Å². The molecule has 1 aromatic carbocycles. The monoisotopic (exact) mass is 290 g/mol. The van der Waals surface area contributed by atoms with E-state index in [1.807, 2.05) is 30.0 Å². The third-order valence-corrected chi connectivity index (χ3v) is 4.15. The van der Waals surface area contributed by atoms with Crippen LogP contribution in [0.1, 0.15) is 48.5 Å². The Kier molecular flexibility index (Phi) is 5.62. The topological polar surface area (TPSA) is 52.6 Å². The fourth-order valence-corrected chi connectivity index (χ4v) is 2.69. The van der Waals surface area contributed by atoms with Crippen LogP contribution in [0.5, 0.6) is 0 Å². The first-order chi connectivity index (χ1) is 10.2. The fraction of sp³-hybridized carbons (Fsp3) is 0.588. The molecule has 1 amide bonds. The molecule has 2 N–H and O–H groups in total. The summed E-state index contributed by atoms with van der Waals surface area (Å²) in [6, 6.07) is 6.20. The molecule has 21 heavy (non-hydrogen) atoms. The van der Waals surface area contributed by atoms with E-state index in [4.69, 9.17) is 0 Å². The lowest BCUT2D eigenvalue weighted by molar-refractivity contribution is 0.0525. The van der Waals surface area contributed by atoms with Crippen LogP contribution in [0.3, 0.4) is 0 Å². The Morgan fingerprint density at radius 1 is 1.43 bits per heavy atom. The Balaban J connectivity index is 2.13. The van der Waals surface area contributed by atoms with Crippen molar-refractivity contribution < 1.29 is 9.90 Å². The molecule has 0 heterocycles. The molecule has 0 radical (unpaired) electrons. The van der Waals surface area contributed by atoms with Crippen LogP contribution in [-0.2, 0) is 0 Å². The summed E-state index contributed by atoms with van der Waals surface area (Å²) in [5, 5.41) is 12.5. The van der Waals surface area contributed by atoms with Crippen molar-refractivity contribution >= 4 is 11.6 Å². The molecule has 1 saturated carbocycles. The maximum Gasteiger partial charge on any atom is 0.254 e. The number of aliphatic hydroxyl groups is 1. The van der Waals surface area contributed by atoms with E-state index < -0.39 is 0 Å². The minimum atomic E-state index is 0.0252. The van der Waals surface area contributed by atoms with Gasteiger partial charge in [-0.1, -0.05) is 6.92 Å². The van der Waals surface area contributed by atoms with E-state index in [-0.39, 0.29) is 12.5 Å². The Bertz CT molecular complexity index is 484. The average molecular weight is 290 g/mol. The molecule has 116 valence electrons. The highest BCUT2D eigenvalue weighted by Crippen LogP contribution is 2.27. The zero-order valence-electron chi connectivity index (χ0n) is 13.1. The van der Waals surface area contributed by atoms with Crippen LogP contribution < -0.4 is 5.32 Å². The van der Waals surface area contributed by atoms with Gasteiger partial charge in [-0.05, 0) is 56.4 Å². The lowest BCUT2D eigenvalue weighted by atomic mass is 9.90. The number of hydrogen-bond donors (Lipinski definition) is 2. The van der Waals surface area contributed by atoms with Crippen molar-refractivity contribution in [3.8, 4) is 0 Å². The Morgan fingerprint density at radius 3 is 2.71 bits per heavy atom. The van der Waals surface area contributed by atoms with Crippen LogP contribution in [0.4, 0.5) is 5.69 Å². The van der Waals surface area contributed by atoms with Crippen LogP contribution in [-0.4, -0.2) is 41.7 Å². The quantitative estimate of drug-likeness (QED) is 0.812. The first kappa shape index (κ1) is 15.8. The number of benzene rings is 1. The third-order valence-electron chi connectivity index (χ3n) is 4.15. The summed E-state index contributed by atoms with van der Waals surface area (Å²) in [6.45, 7) is 5.49. The van der Waals surface area contributed by atoms with Gasteiger partial charge in [0.1, 0.15) is 0 Å². The van der Waals surface area contributed by atoms with Crippen molar-refractivity contribution in [2.24, 2.45) is 0 Å². The molecule has 0 bridgehead atoms. The van der Waals surface area contributed by atoms with Crippen molar-refractivity contribution in [3.05, 3.63) is 29.3 Å². The Hall–Kier alpha value is -1.55. The Labute approximate surface area is 127 Å². The molecule has 4 nitrogen and oxygen atoms in total. The minimum absolute atomic E-state index is 0.0252. The number of hydrogen-bond acceptors (Lipinski definition) is 3. The summed E-state index contributed by atoms with van der Waals surface area (Å²) >= 11 is 0. The fourth-order valence-electron chi connectivity index (χ4n) is 2.69. The molecule has 0 unspecified atom stereocenters. The summed E-state index contributed by atoms with van der Waals surface area (Å²) < 4.78 is 0. The van der Waals surface area contributed by atoms with Gasteiger partial charge in [-0.15, -0.1) is 0 Å². The second-order valence-corrected chi connectivity index (χ2v) is 5.76. The SMILES string of the molecule is CCCNc1ccc(C(=O)N(CCO)C2CCC2)c(C)c1. The summed E-state index contributed by atoms with van der Waals surface area (Å²) in [6.07, 6.45) is 4.37. The molecule has 0 spiro atoms. The second-order valence-electron chi connectivity index (χ2n) is 5.76. The van der Waals surface area contributed by atoms with E-state index in [2.05, 4.69) is 12.2 Å². The highest BCUT2D eigenvalue weighted by Gasteiger charge is 2.29. The minimum Gasteiger partial charge on any atom is -0.395 e. The molecule has 1 aliphatic carbocycles. The summed E-state index contributed by atoms with van der Waals surface area (Å²) in [5.41, 5.74) is 2.80. The van der Waals surface area contributed by atoms with Gasteiger partial charge < -0.3 is 15.3 Å². The van der Waals surface area contributed by atoms with Crippen molar-refractivity contribution in [2.45, 2.75) is 45.6 Å². The molecule has 0 aliphatic heterocycles. The van der Waals surface area contributed by atoms with Gasteiger partial charge in [0, 0.05) is 30.4 Å². The predicted octanol–water partition coefficient (Wildman–Crippen LogP) is 2.80. The molecule has 2 rings (SSSR count). The molecule has 0 saturated heterocycles. The highest BCUT2D eigenvalue weighted by molar-refractivity contribution is 5.96. The van der Waals surface area contributed by atoms with Gasteiger partial charge in [0.15, 0.2) is 0 Å². The molecule has 0 atom stereocenters. The molecular formula is C17H26N2O2. The normalized spacial score (nSPS) is 14.6.